The van der Waals surface area contributed by atoms with Crippen molar-refractivity contribution in [1.82, 2.24) is 10.1 Å². The van der Waals surface area contributed by atoms with Gasteiger partial charge in [-0.2, -0.15) is 4.98 Å². The third-order valence-electron chi connectivity index (χ3n) is 3.21. The normalized spacial score (nSPS) is 11.6. The fraction of sp³-hybridized carbons (Fsp3) is 0.200. The van der Waals surface area contributed by atoms with Crippen LogP contribution in [0.2, 0.25) is 0 Å². The van der Waals surface area contributed by atoms with Gasteiger partial charge in [0.2, 0.25) is 11.7 Å². The Morgan fingerprint density at radius 2 is 2.13 bits per heavy atom. The van der Waals surface area contributed by atoms with Gasteiger partial charge in [0, 0.05) is 23.6 Å². The molecule has 0 bridgehead atoms. The molecule has 6 nitrogen and oxygen atoms in total. The number of rotatable bonds is 5. The topological polar surface area (TPSA) is 85.1 Å². The highest BCUT2D eigenvalue weighted by atomic mass is 32.2. The monoisotopic (exact) mass is 349 g/mol. The molecule has 0 fully saturated rings. The Hall–Kier alpha value is -2.19. The van der Waals surface area contributed by atoms with E-state index in [-0.39, 0.29) is 4.21 Å². The molecule has 8 heteroatoms. The number of benzene rings is 1. The molecular formula is C15H15N3O3S2. The van der Waals surface area contributed by atoms with Crippen molar-refractivity contribution in [2.24, 2.45) is 0 Å². The maximum absolute atomic E-state index is 12.5. The molecular weight excluding hydrogens is 334 g/mol. The summed E-state index contributed by atoms with van der Waals surface area (Å²) in [5, 5.41) is 5.49. The lowest BCUT2D eigenvalue weighted by Crippen LogP contribution is -2.11. The van der Waals surface area contributed by atoms with E-state index in [1.807, 2.05) is 25.1 Å². The molecule has 0 spiro atoms. The van der Waals surface area contributed by atoms with Crippen molar-refractivity contribution in [2.45, 2.75) is 24.5 Å². The first-order valence-corrected chi connectivity index (χ1v) is 9.35. The molecule has 2 heterocycles. The lowest BCUT2D eigenvalue weighted by atomic mass is 10.1. The smallest absolute Gasteiger partial charge is 0.271 e. The van der Waals surface area contributed by atoms with Crippen LogP contribution in [0.25, 0.3) is 11.4 Å². The number of hydrogen-bond donors (Lipinski definition) is 1. The molecule has 3 aromatic rings. The van der Waals surface area contributed by atoms with Crippen molar-refractivity contribution in [1.29, 1.82) is 0 Å². The molecule has 0 radical (unpaired) electrons. The van der Waals surface area contributed by atoms with Crippen molar-refractivity contribution in [3.8, 4) is 11.4 Å². The number of nitrogens with one attached hydrogen (secondary N) is 1. The predicted octanol–water partition coefficient (Wildman–Crippen LogP) is 3.47. The summed E-state index contributed by atoms with van der Waals surface area (Å²) in [7, 11) is -3.64. The number of hydrogen-bond acceptors (Lipinski definition) is 6. The minimum atomic E-state index is -3.64. The van der Waals surface area contributed by atoms with Crippen LogP contribution in [-0.4, -0.2) is 18.6 Å². The summed E-state index contributed by atoms with van der Waals surface area (Å²) in [6, 6.07) is 8.89. The van der Waals surface area contributed by atoms with Crippen LogP contribution in [0.1, 0.15) is 18.4 Å². The van der Waals surface area contributed by atoms with Crippen LogP contribution < -0.4 is 4.72 Å². The Labute approximate surface area is 138 Å². The van der Waals surface area contributed by atoms with E-state index in [2.05, 4.69) is 14.9 Å². The first-order chi connectivity index (χ1) is 11.0. The highest BCUT2D eigenvalue weighted by Crippen LogP contribution is 2.28. The number of anilines is 1. The van der Waals surface area contributed by atoms with Gasteiger partial charge >= 0.3 is 0 Å². The molecule has 1 aromatic carbocycles. The molecule has 1 N–H and O–H groups in total. The summed E-state index contributed by atoms with van der Waals surface area (Å²) in [5.74, 6) is 0.818. The van der Waals surface area contributed by atoms with E-state index >= 15 is 0 Å². The molecule has 0 aliphatic carbocycles. The molecule has 23 heavy (non-hydrogen) atoms. The van der Waals surface area contributed by atoms with E-state index in [0.29, 0.717) is 23.0 Å². The van der Waals surface area contributed by atoms with Gasteiger partial charge in [-0.25, -0.2) is 8.42 Å². The minimum Gasteiger partial charge on any atom is -0.339 e. The summed E-state index contributed by atoms with van der Waals surface area (Å²) < 4.78 is 32.7. The Morgan fingerprint density at radius 1 is 1.30 bits per heavy atom. The predicted molar refractivity (Wildman–Crippen MR) is 89.0 cm³/mol. The SMILES string of the molecule is CCc1cccc(NS(=O)(=O)c2cc(-c3noc(C)n3)cs2)c1. The fourth-order valence-corrected chi connectivity index (χ4v) is 4.26. The molecule has 0 saturated heterocycles. The first-order valence-electron chi connectivity index (χ1n) is 6.99. The van der Waals surface area contributed by atoms with Crippen LogP contribution in [0.3, 0.4) is 0 Å². The van der Waals surface area contributed by atoms with Gasteiger partial charge in [0.15, 0.2) is 0 Å². The van der Waals surface area contributed by atoms with Gasteiger partial charge in [-0.15, -0.1) is 11.3 Å². The standard InChI is InChI=1S/C15H15N3O3S2/c1-3-11-5-4-6-13(7-11)18-23(19,20)14-8-12(9-22-14)15-16-10(2)21-17-15/h4-9,18H,3H2,1-2H3. The Bertz CT molecular complexity index is 929. The quantitative estimate of drug-likeness (QED) is 0.762. The summed E-state index contributed by atoms with van der Waals surface area (Å²) in [4.78, 5) is 4.10. The van der Waals surface area contributed by atoms with Gasteiger partial charge in [0.25, 0.3) is 10.0 Å². The summed E-state index contributed by atoms with van der Waals surface area (Å²) >= 11 is 1.12. The van der Waals surface area contributed by atoms with Crippen LogP contribution >= 0.6 is 11.3 Å². The number of aromatic nitrogens is 2. The second-order valence-corrected chi connectivity index (χ2v) is 7.77. The van der Waals surface area contributed by atoms with Crippen molar-refractivity contribution in [3.05, 3.63) is 47.2 Å². The van der Waals surface area contributed by atoms with Crippen molar-refractivity contribution in [2.75, 3.05) is 4.72 Å². The zero-order chi connectivity index (χ0) is 16.4. The Kier molecular flexibility index (Phi) is 4.18. The van der Waals surface area contributed by atoms with Gasteiger partial charge in [0.05, 0.1) is 0 Å². The lowest BCUT2D eigenvalue weighted by molar-refractivity contribution is 0.394. The van der Waals surface area contributed by atoms with E-state index in [0.717, 1.165) is 23.3 Å². The van der Waals surface area contributed by atoms with Crippen LogP contribution in [-0.2, 0) is 16.4 Å². The summed E-state index contributed by atoms with van der Waals surface area (Å²) in [6.45, 7) is 3.70. The molecule has 0 aliphatic heterocycles. The van der Waals surface area contributed by atoms with Gasteiger partial charge in [-0.05, 0) is 30.2 Å². The maximum Gasteiger partial charge on any atom is 0.271 e. The molecule has 0 aliphatic rings. The maximum atomic E-state index is 12.5. The number of sulfonamides is 1. The number of aryl methyl sites for hydroxylation is 2. The van der Waals surface area contributed by atoms with Gasteiger partial charge in [-0.3, -0.25) is 4.72 Å². The average Bonchev–Trinajstić information content (AvgIpc) is 3.16. The van der Waals surface area contributed by atoms with Crippen LogP contribution in [0.15, 0.2) is 44.4 Å². The van der Waals surface area contributed by atoms with E-state index in [4.69, 9.17) is 4.52 Å². The zero-order valence-corrected chi connectivity index (χ0v) is 14.2. The van der Waals surface area contributed by atoms with E-state index in [9.17, 15) is 8.42 Å². The Morgan fingerprint density at radius 3 is 2.83 bits per heavy atom. The van der Waals surface area contributed by atoms with Crippen molar-refractivity contribution in [3.63, 3.8) is 0 Å². The molecule has 3 rings (SSSR count). The third-order valence-corrected chi connectivity index (χ3v) is 6.03. The van der Waals surface area contributed by atoms with Gasteiger partial charge in [-0.1, -0.05) is 24.2 Å². The summed E-state index contributed by atoms with van der Waals surface area (Å²) in [6.07, 6.45) is 0.843. The molecule has 0 unspecified atom stereocenters. The van der Waals surface area contributed by atoms with Crippen molar-refractivity contribution < 1.29 is 12.9 Å². The van der Waals surface area contributed by atoms with Crippen LogP contribution in [0.4, 0.5) is 5.69 Å². The van der Waals surface area contributed by atoms with E-state index in [1.165, 1.54) is 0 Å². The van der Waals surface area contributed by atoms with Crippen molar-refractivity contribution >= 4 is 27.0 Å². The Balaban J connectivity index is 1.86. The molecule has 0 atom stereocenters. The second-order valence-electron chi connectivity index (χ2n) is 4.95. The molecule has 0 amide bonds. The second kappa shape index (κ2) is 6.13. The van der Waals surface area contributed by atoms with E-state index < -0.39 is 10.0 Å². The van der Waals surface area contributed by atoms with Crippen LogP contribution in [0, 0.1) is 6.92 Å². The number of thiophene rings is 1. The fourth-order valence-electron chi connectivity index (χ4n) is 2.05. The zero-order valence-electron chi connectivity index (χ0n) is 12.6. The number of nitrogens with zero attached hydrogens (tertiary/aromatic N) is 2. The average molecular weight is 349 g/mol. The lowest BCUT2D eigenvalue weighted by Gasteiger charge is -2.07. The summed E-state index contributed by atoms with van der Waals surface area (Å²) in [5.41, 5.74) is 2.24. The highest BCUT2D eigenvalue weighted by Gasteiger charge is 2.19. The van der Waals surface area contributed by atoms with E-state index in [1.54, 1.807) is 24.4 Å². The highest BCUT2D eigenvalue weighted by molar-refractivity contribution is 7.94. The van der Waals surface area contributed by atoms with Gasteiger partial charge < -0.3 is 4.52 Å². The largest absolute Gasteiger partial charge is 0.339 e. The minimum absolute atomic E-state index is 0.205. The first kappa shape index (κ1) is 15.7. The van der Waals surface area contributed by atoms with Crippen LogP contribution in [0.5, 0.6) is 0 Å². The van der Waals surface area contributed by atoms with Gasteiger partial charge in [0.1, 0.15) is 4.21 Å². The molecule has 2 aromatic heterocycles. The molecule has 120 valence electrons. The third kappa shape index (κ3) is 3.43. The molecule has 0 saturated carbocycles.